The molecule has 0 radical (unpaired) electrons. The topological polar surface area (TPSA) is 104 Å². The number of urea groups is 1. The van der Waals surface area contributed by atoms with Gasteiger partial charge in [-0.05, 0) is 18.8 Å². The minimum atomic E-state index is -0.677. The Morgan fingerprint density at radius 3 is 2.37 bits per heavy atom. The average molecular weight is 273 g/mol. The van der Waals surface area contributed by atoms with Gasteiger partial charge in [0.15, 0.2) is 0 Å². The molecule has 112 valence electrons. The average Bonchev–Trinajstić information content (AvgIpc) is 2.38. The Hall–Kier alpha value is -1.30. The summed E-state index contributed by atoms with van der Waals surface area (Å²) < 4.78 is 0. The number of aliphatic hydroxyl groups is 1. The molecule has 0 aliphatic carbocycles. The van der Waals surface area contributed by atoms with Crippen LogP contribution in [0.5, 0.6) is 0 Å². The maximum absolute atomic E-state index is 11.9. The van der Waals surface area contributed by atoms with Gasteiger partial charge in [0.05, 0.1) is 0 Å². The van der Waals surface area contributed by atoms with E-state index in [-0.39, 0.29) is 18.4 Å². The normalized spacial score (nSPS) is 13.6. The molecule has 5 N–H and O–H groups in total. The summed E-state index contributed by atoms with van der Waals surface area (Å²) in [6, 6.07) is -1.25. The second-order valence-electron chi connectivity index (χ2n) is 4.80. The number of nitrogens with two attached hydrogens (primary N) is 1. The molecule has 0 aromatic heterocycles. The van der Waals surface area contributed by atoms with E-state index in [0.29, 0.717) is 6.54 Å². The van der Waals surface area contributed by atoms with Crippen molar-refractivity contribution in [1.29, 1.82) is 0 Å². The smallest absolute Gasteiger partial charge is 0.312 e. The van der Waals surface area contributed by atoms with Gasteiger partial charge in [-0.15, -0.1) is 0 Å². The van der Waals surface area contributed by atoms with E-state index in [0.717, 1.165) is 32.1 Å². The van der Waals surface area contributed by atoms with Gasteiger partial charge in [-0.3, -0.25) is 4.79 Å². The van der Waals surface area contributed by atoms with Gasteiger partial charge in [-0.25, -0.2) is 4.79 Å². The lowest BCUT2D eigenvalue weighted by atomic mass is 9.98. The Morgan fingerprint density at radius 1 is 1.21 bits per heavy atom. The van der Waals surface area contributed by atoms with E-state index in [2.05, 4.69) is 10.6 Å². The van der Waals surface area contributed by atoms with Crippen molar-refractivity contribution in [2.45, 2.75) is 52.0 Å². The number of amides is 3. The third kappa shape index (κ3) is 8.42. The molecule has 0 bridgehead atoms. The van der Waals surface area contributed by atoms with E-state index in [1.807, 2.05) is 13.8 Å². The number of unbranched alkanes of at least 4 members (excludes halogenated alkanes) is 3. The molecule has 0 aliphatic rings. The first kappa shape index (κ1) is 17.7. The number of hydrogen-bond acceptors (Lipinski definition) is 3. The lowest BCUT2D eigenvalue weighted by Crippen LogP contribution is -2.51. The summed E-state index contributed by atoms with van der Waals surface area (Å²) in [5.41, 5.74) is 5.08. The Kier molecular flexibility index (Phi) is 9.88. The second-order valence-corrected chi connectivity index (χ2v) is 4.80. The van der Waals surface area contributed by atoms with Gasteiger partial charge < -0.3 is 21.5 Å². The van der Waals surface area contributed by atoms with Crippen LogP contribution in [0, 0.1) is 5.92 Å². The van der Waals surface area contributed by atoms with Gasteiger partial charge in [0.25, 0.3) is 0 Å². The minimum Gasteiger partial charge on any atom is -0.396 e. The largest absolute Gasteiger partial charge is 0.396 e. The fraction of sp³-hybridized carbons (Fsp3) is 0.846. The summed E-state index contributed by atoms with van der Waals surface area (Å²) in [5.74, 6) is -0.141. The highest BCUT2D eigenvalue weighted by Gasteiger charge is 2.24. The van der Waals surface area contributed by atoms with Gasteiger partial charge in [0.2, 0.25) is 5.91 Å². The third-order valence-electron chi connectivity index (χ3n) is 3.18. The number of nitrogens with one attached hydrogen (secondary N) is 2. The van der Waals surface area contributed by atoms with Gasteiger partial charge in [-0.2, -0.15) is 0 Å². The molecule has 0 fully saturated rings. The quantitative estimate of drug-likeness (QED) is 0.441. The molecule has 0 saturated heterocycles. The Bertz CT molecular complexity index is 272. The predicted molar refractivity (Wildman–Crippen MR) is 74.5 cm³/mol. The zero-order valence-corrected chi connectivity index (χ0v) is 11.9. The molecular weight excluding hydrogens is 246 g/mol. The SMILES string of the molecule is CCC(C)C(NC(N)=O)C(=O)NCCCCCCO. The van der Waals surface area contributed by atoms with Crippen LogP contribution in [0.3, 0.4) is 0 Å². The van der Waals surface area contributed by atoms with Gasteiger partial charge in [0.1, 0.15) is 6.04 Å². The minimum absolute atomic E-state index is 0.0434. The van der Waals surface area contributed by atoms with Crippen LogP contribution in [0.25, 0.3) is 0 Å². The van der Waals surface area contributed by atoms with Crippen LogP contribution in [-0.4, -0.2) is 36.2 Å². The van der Waals surface area contributed by atoms with Crippen LogP contribution >= 0.6 is 0 Å². The molecule has 2 atom stereocenters. The van der Waals surface area contributed by atoms with Crippen molar-refractivity contribution in [3.8, 4) is 0 Å². The molecule has 0 aromatic rings. The second kappa shape index (κ2) is 10.6. The molecular formula is C13H27N3O3. The van der Waals surface area contributed by atoms with Crippen LogP contribution in [0.15, 0.2) is 0 Å². The van der Waals surface area contributed by atoms with Crippen molar-refractivity contribution in [3.63, 3.8) is 0 Å². The summed E-state index contributed by atoms with van der Waals surface area (Å²) >= 11 is 0. The fourth-order valence-corrected chi connectivity index (χ4v) is 1.77. The monoisotopic (exact) mass is 273 g/mol. The van der Waals surface area contributed by atoms with E-state index in [4.69, 9.17) is 10.8 Å². The van der Waals surface area contributed by atoms with Crippen molar-refractivity contribution in [2.24, 2.45) is 11.7 Å². The molecule has 19 heavy (non-hydrogen) atoms. The zero-order chi connectivity index (χ0) is 14.7. The molecule has 6 heteroatoms. The zero-order valence-electron chi connectivity index (χ0n) is 11.9. The number of aliphatic hydroxyl groups excluding tert-OH is 1. The van der Waals surface area contributed by atoms with Crippen molar-refractivity contribution < 1.29 is 14.7 Å². The Labute approximate surface area is 115 Å². The number of carbonyl (C=O) groups is 2. The number of hydrogen-bond donors (Lipinski definition) is 4. The highest BCUT2D eigenvalue weighted by molar-refractivity contribution is 5.86. The first-order valence-corrected chi connectivity index (χ1v) is 6.97. The maximum Gasteiger partial charge on any atom is 0.312 e. The van der Waals surface area contributed by atoms with Crippen molar-refractivity contribution >= 4 is 11.9 Å². The molecule has 0 rings (SSSR count). The third-order valence-corrected chi connectivity index (χ3v) is 3.18. The summed E-state index contributed by atoms with van der Waals surface area (Å²) in [6.45, 7) is 4.66. The highest BCUT2D eigenvalue weighted by atomic mass is 16.3. The van der Waals surface area contributed by atoms with Crippen molar-refractivity contribution in [2.75, 3.05) is 13.2 Å². The van der Waals surface area contributed by atoms with Crippen LogP contribution in [0.2, 0.25) is 0 Å². The number of rotatable bonds is 10. The van der Waals surface area contributed by atoms with Gasteiger partial charge in [0, 0.05) is 13.2 Å². The molecule has 0 aromatic carbocycles. The van der Waals surface area contributed by atoms with E-state index >= 15 is 0 Å². The molecule has 2 unspecified atom stereocenters. The predicted octanol–water partition coefficient (Wildman–Crippen LogP) is 0.738. The fourth-order valence-electron chi connectivity index (χ4n) is 1.77. The van der Waals surface area contributed by atoms with Crippen molar-refractivity contribution in [3.05, 3.63) is 0 Å². The van der Waals surface area contributed by atoms with E-state index in [1.165, 1.54) is 0 Å². The van der Waals surface area contributed by atoms with E-state index in [1.54, 1.807) is 0 Å². The summed E-state index contributed by atoms with van der Waals surface area (Å²) in [4.78, 5) is 22.8. The molecule has 6 nitrogen and oxygen atoms in total. The summed E-state index contributed by atoms with van der Waals surface area (Å²) in [6.07, 6.45) is 4.38. The number of carbonyl (C=O) groups excluding carboxylic acids is 2. The maximum atomic E-state index is 11.9. The van der Waals surface area contributed by atoms with E-state index in [9.17, 15) is 9.59 Å². The lowest BCUT2D eigenvalue weighted by Gasteiger charge is -2.22. The standard InChI is InChI=1S/C13H27N3O3/c1-3-10(2)11(16-13(14)19)12(18)15-8-6-4-5-7-9-17/h10-11,17H,3-9H2,1-2H3,(H,15,18)(H3,14,16,19). The van der Waals surface area contributed by atoms with Crippen LogP contribution in [0.1, 0.15) is 46.0 Å². The van der Waals surface area contributed by atoms with Gasteiger partial charge >= 0.3 is 6.03 Å². The summed E-state index contributed by atoms with van der Waals surface area (Å²) in [7, 11) is 0. The molecule has 0 heterocycles. The van der Waals surface area contributed by atoms with Crippen molar-refractivity contribution in [1.82, 2.24) is 10.6 Å². The molecule has 0 aliphatic heterocycles. The van der Waals surface area contributed by atoms with Crippen LogP contribution in [-0.2, 0) is 4.79 Å². The lowest BCUT2D eigenvalue weighted by molar-refractivity contribution is -0.124. The number of primary amides is 1. The molecule has 0 saturated carbocycles. The first-order valence-electron chi connectivity index (χ1n) is 6.97. The van der Waals surface area contributed by atoms with Crippen LogP contribution in [0.4, 0.5) is 4.79 Å². The highest BCUT2D eigenvalue weighted by Crippen LogP contribution is 2.08. The van der Waals surface area contributed by atoms with Crippen LogP contribution < -0.4 is 16.4 Å². The molecule has 0 spiro atoms. The Morgan fingerprint density at radius 2 is 1.84 bits per heavy atom. The van der Waals surface area contributed by atoms with Gasteiger partial charge in [-0.1, -0.05) is 33.1 Å². The summed E-state index contributed by atoms with van der Waals surface area (Å²) in [5, 5.41) is 13.9. The Balaban J connectivity index is 4.00. The van der Waals surface area contributed by atoms with E-state index < -0.39 is 12.1 Å². The molecule has 3 amide bonds. The first-order chi connectivity index (χ1) is 9.02.